The van der Waals surface area contributed by atoms with Crippen molar-refractivity contribution in [1.82, 2.24) is 4.90 Å². The Kier molecular flexibility index (Phi) is 9.19. The lowest BCUT2D eigenvalue weighted by atomic mass is 9.85. The van der Waals surface area contributed by atoms with Crippen LogP contribution in [0.1, 0.15) is 63.0 Å². The van der Waals surface area contributed by atoms with Gasteiger partial charge in [-0.05, 0) is 120 Å². The molecular formula is C32H33ClF3NO2. The third-order valence-corrected chi connectivity index (χ3v) is 7.80. The van der Waals surface area contributed by atoms with E-state index in [1.54, 1.807) is 24.3 Å². The second-order valence-electron chi connectivity index (χ2n) is 10.5. The molecule has 3 nitrogen and oxygen atoms in total. The summed E-state index contributed by atoms with van der Waals surface area (Å²) in [5.41, 5.74) is 7.05. The van der Waals surface area contributed by atoms with Gasteiger partial charge in [-0.1, -0.05) is 24.3 Å². The van der Waals surface area contributed by atoms with Crippen molar-refractivity contribution in [1.29, 1.82) is 0 Å². The zero-order valence-corrected chi connectivity index (χ0v) is 22.8. The van der Waals surface area contributed by atoms with Crippen LogP contribution in [-0.2, 0) is 12.8 Å². The van der Waals surface area contributed by atoms with Crippen molar-refractivity contribution >= 4 is 29.5 Å². The average molecular weight is 556 g/mol. The Hall–Kier alpha value is -3.09. The maximum Gasteiger partial charge on any atom is 0.335 e. The van der Waals surface area contributed by atoms with Gasteiger partial charge < -0.3 is 10.0 Å². The number of halogens is 4. The molecule has 1 fully saturated rings. The zero-order valence-electron chi connectivity index (χ0n) is 22.0. The van der Waals surface area contributed by atoms with Crippen LogP contribution in [0.4, 0.5) is 13.2 Å². The smallest absolute Gasteiger partial charge is 0.335 e. The molecule has 1 heterocycles. The van der Waals surface area contributed by atoms with Crippen LogP contribution in [-0.4, -0.2) is 42.3 Å². The molecule has 3 aromatic carbocycles. The van der Waals surface area contributed by atoms with E-state index in [-0.39, 0.29) is 36.3 Å². The molecule has 39 heavy (non-hydrogen) atoms. The van der Waals surface area contributed by atoms with Crippen LogP contribution in [0.3, 0.4) is 0 Å². The summed E-state index contributed by atoms with van der Waals surface area (Å²) in [7, 11) is 0. The maximum absolute atomic E-state index is 15.5. The molecule has 206 valence electrons. The molecule has 3 aromatic rings. The van der Waals surface area contributed by atoms with E-state index in [1.807, 2.05) is 25.1 Å². The highest BCUT2D eigenvalue weighted by molar-refractivity contribution is 6.01. The van der Waals surface area contributed by atoms with Crippen molar-refractivity contribution in [2.24, 2.45) is 5.92 Å². The van der Waals surface area contributed by atoms with Crippen LogP contribution >= 0.6 is 12.4 Å². The number of hydrogen-bond acceptors (Lipinski definition) is 2. The second kappa shape index (κ2) is 12.4. The zero-order chi connectivity index (χ0) is 26.8. The first-order valence-corrected chi connectivity index (χ1v) is 13.3. The number of aromatic carboxylic acids is 1. The van der Waals surface area contributed by atoms with Gasteiger partial charge in [0.1, 0.15) is 11.6 Å². The molecule has 1 aliphatic carbocycles. The Morgan fingerprint density at radius 2 is 1.77 bits per heavy atom. The standard InChI is InChI=1S/C32H32F3NO2.ClH/c1-20-14-26(34)9-11-27(20)29-5-2-4-22-16-25(32(37)38)8-10-28(22)31(29)24-7-6-23(30(35)17-24)15-21-18-36(19-21)13-3-12-33;/h6-11,14,16-17,21H,2-5,12-13,15,18-19H2,1H3,(H,37,38);1H. The van der Waals surface area contributed by atoms with Crippen LogP contribution in [0, 0.1) is 24.5 Å². The number of carboxylic acids is 1. The number of hydrogen-bond donors (Lipinski definition) is 1. The van der Waals surface area contributed by atoms with Crippen LogP contribution in [0.25, 0.3) is 11.1 Å². The molecule has 0 unspecified atom stereocenters. The highest BCUT2D eigenvalue weighted by Gasteiger charge is 2.28. The molecule has 5 rings (SSSR count). The Morgan fingerprint density at radius 1 is 1.00 bits per heavy atom. The number of fused-ring (bicyclic) bond motifs is 1. The van der Waals surface area contributed by atoms with E-state index >= 15 is 4.39 Å². The molecule has 0 bridgehead atoms. The summed E-state index contributed by atoms with van der Waals surface area (Å²) in [6, 6.07) is 15.3. The summed E-state index contributed by atoms with van der Waals surface area (Å²) in [5, 5.41) is 9.54. The molecule has 1 aliphatic heterocycles. The molecular weight excluding hydrogens is 523 g/mol. The molecule has 7 heteroatoms. The topological polar surface area (TPSA) is 40.5 Å². The molecule has 0 atom stereocenters. The molecule has 1 N–H and O–H groups in total. The van der Waals surface area contributed by atoms with Gasteiger partial charge in [0, 0.05) is 19.6 Å². The first-order valence-electron chi connectivity index (χ1n) is 13.3. The molecule has 0 aromatic heterocycles. The summed E-state index contributed by atoms with van der Waals surface area (Å²) in [5.74, 6) is -1.19. The SMILES string of the molecule is Cc1cc(F)ccc1C1=C(c2ccc(CC3CN(CCCF)C3)c(F)c2)c2ccc(C(=O)O)cc2CCC1.Cl. The molecule has 0 saturated carbocycles. The quantitative estimate of drug-likeness (QED) is 0.312. The third-order valence-electron chi connectivity index (χ3n) is 7.80. The number of allylic oxidation sites excluding steroid dienone is 1. The lowest BCUT2D eigenvalue weighted by Crippen LogP contribution is -2.48. The van der Waals surface area contributed by atoms with Gasteiger partial charge in [0.25, 0.3) is 0 Å². The van der Waals surface area contributed by atoms with Crippen molar-refractivity contribution in [3.05, 3.63) is 105 Å². The highest BCUT2D eigenvalue weighted by Crippen LogP contribution is 2.41. The van der Waals surface area contributed by atoms with Crippen LogP contribution < -0.4 is 0 Å². The normalized spacial score (nSPS) is 15.8. The van der Waals surface area contributed by atoms with E-state index in [1.165, 1.54) is 12.1 Å². The Bertz CT molecular complexity index is 1400. The first kappa shape index (κ1) is 28.9. The van der Waals surface area contributed by atoms with E-state index < -0.39 is 5.97 Å². The number of carboxylic acid groups (broad SMARTS) is 1. The van der Waals surface area contributed by atoms with Crippen molar-refractivity contribution < 1.29 is 23.1 Å². The number of nitrogens with zero attached hydrogens (tertiary/aromatic N) is 1. The summed E-state index contributed by atoms with van der Waals surface area (Å²) in [6.45, 7) is 4.03. The van der Waals surface area contributed by atoms with E-state index in [2.05, 4.69) is 4.90 Å². The Balaban J connectivity index is 0.00000353. The minimum Gasteiger partial charge on any atom is -0.478 e. The van der Waals surface area contributed by atoms with Crippen LogP contribution in [0.15, 0.2) is 54.6 Å². The van der Waals surface area contributed by atoms with Crippen LogP contribution in [0.2, 0.25) is 0 Å². The Morgan fingerprint density at radius 3 is 2.46 bits per heavy atom. The predicted octanol–water partition coefficient (Wildman–Crippen LogP) is 7.52. The number of likely N-dealkylation sites (tertiary alicyclic amines) is 1. The van der Waals surface area contributed by atoms with E-state index in [0.717, 1.165) is 65.0 Å². The van der Waals surface area contributed by atoms with E-state index in [9.17, 15) is 18.7 Å². The number of rotatable bonds is 8. The lowest BCUT2D eigenvalue weighted by molar-refractivity contribution is 0.0696. The van der Waals surface area contributed by atoms with Crippen molar-refractivity contribution in [2.75, 3.05) is 26.3 Å². The number of carbonyl (C=O) groups is 1. The second-order valence-corrected chi connectivity index (χ2v) is 10.5. The van der Waals surface area contributed by atoms with Crippen LogP contribution in [0.5, 0.6) is 0 Å². The first-order chi connectivity index (χ1) is 18.3. The van der Waals surface area contributed by atoms with Gasteiger partial charge in [0.2, 0.25) is 0 Å². The van der Waals surface area contributed by atoms with Gasteiger partial charge in [0.15, 0.2) is 0 Å². The van der Waals surface area contributed by atoms with Gasteiger partial charge in [-0.15, -0.1) is 12.4 Å². The molecule has 2 aliphatic rings. The fourth-order valence-electron chi connectivity index (χ4n) is 5.94. The van der Waals surface area contributed by atoms with Crippen molar-refractivity contribution in [2.45, 2.75) is 39.0 Å². The summed E-state index contributed by atoms with van der Waals surface area (Å²) in [6.07, 6.45) is 3.38. The predicted molar refractivity (Wildman–Crippen MR) is 151 cm³/mol. The van der Waals surface area contributed by atoms with E-state index in [0.29, 0.717) is 37.2 Å². The van der Waals surface area contributed by atoms with Crippen molar-refractivity contribution in [3.8, 4) is 0 Å². The van der Waals surface area contributed by atoms with Gasteiger partial charge in [-0.3, -0.25) is 4.39 Å². The molecule has 1 saturated heterocycles. The lowest BCUT2D eigenvalue weighted by Gasteiger charge is -2.39. The summed E-state index contributed by atoms with van der Waals surface area (Å²) < 4.78 is 41.9. The highest BCUT2D eigenvalue weighted by atomic mass is 35.5. The average Bonchev–Trinajstić information content (AvgIpc) is 3.05. The number of benzene rings is 3. The largest absolute Gasteiger partial charge is 0.478 e. The fourth-order valence-corrected chi connectivity index (χ4v) is 5.94. The fraction of sp³-hybridized carbons (Fsp3) is 0.344. The summed E-state index contributed by atoms with van der Waals surface area (Å²) >= 11 is 0. The van der Waals surface area contributed by atoms with Gasteiger partial charge in [0.05, 0.1) is 12.2 Å². The molecule has 0 amide bonds. The maximum atomic E-state index is 15.5. The monoisotopic (exact) mass is 555 g/mol. The van der Waals surface area contributed by atoms with E-state index in [4.69, 9.17) is 0 Å². The minimum atomic E-state index is -0.980. The Labute approximate surface area is 233 Å². The summed E-state index contributed by atoms with van der Waals surface area (Å²) in [4.78, 5) is 13.8. The molecule has 0 spiro atoms. The van der Waals surface area contributed by atoms with Gasteiger partial charge in [-0.25, -0.2) is 13.6 Å². The van der Waals surface area contributed by atoms with Crippen molar-refractivity contribution in [3.63, 3.8) is 0 Å². The minimum absolute atomic E-state index is 0. The number of aryl methyl sites for hydroxylation is 2. The third kappa shape index (κ3) is 6.23. The van der Waals surface area contributed by atoms with Gasteiger partial charge >= 0.3 is 5.97 Å². The molecule has 0 radical (unpaired) electrons. The van der Waals surface area contributed by atoms with Gasteiger partial charge in [-0.2, -0.15) is 0 Å². The number of alkyl halides is 1.